The summed E-state index contributed by atoms with van der Waals surface area (Å²) in [5.41, 5.74) is 3.94. The quantitative estimate of drug-likeness (QED) is 0.468. The number of anilines is 2. The van der Waals surface area contributed by atoms with Crippen LogP contribution in [0.15, 0.2) is 36.4 Å². The van der Waals surface area contributed by atoms with Crippen LogP contribution in [0.25, 0.3) is 0 Å². The van der Waals surface area contributed by atoms with E-state index < -0.39 is 4.92 Å². The van der Waals surface area contributed by atoms with E-state index in [0.717, 1.165) is 29.7 Å². The Morgan fingerprint density at radius 3 is 2.42 bits per heavy atom. The van der Waals surface area contributed by atoms with Gasteiger partial charge in [-0.25, -0.2) is 0 Å². The molecule has 164 valence electrons. The number of benzene rings is 2. The van der Waals surface area contributed by atoms with E-state index >= 15 is 0 Å². The van der Waals surface area contributed by atoms with Gasteiger partial charge in [-0.05, 0) is 62.9 Å². The van der Waals surface area contributed by atoms with Gasteiger partial charge in [-0.1, -0.05) is 12.1 Å². The third-order valence-electron chi connectivity index (χ3n) is 5.38. The van der Waals surface area contributed by atoms with Crippen molar-refractivity contribution in [2.45, 2.75) is 46.1 Å². The van der Waals surface area contributed by atoms with Crippen LogP contribution in [-0.2, 0) is 9.59 Å². The highest BCUT2D eigenvalue weighted by Crippen LogP contribution is 2.27. The number of nitro groups is 1. The first-order valence-corrected chi connectivity index (χ1v) is 10.4. The number of rotatable bonds is 9. The van der Waals surface area contributed by atoms with Crippen LogP contribution in [0.5, 0.6) is 0 Å². The van der Waals surface area contributed by atoms with E-state index in [1.54, 1.807) is 13.0 Å². The molecule has 8 nitrogen and oxygen atoms in total. The summed E-state index contributed by atoms with van der Waals surface area (Å²) in [6.45, 7) is 6.29. The Morgan fingerprint density at radius 2 is 1.77 bits per heavy atom. The third-order valence-corrected chi connectivity index (χ3v) is 5.38. The molecule has 2 aromatic carbocycles. The van der Waals surface area contributed by atoms with E-state index in [2.05, 4.69) is 10.6 Å². The molecule has 0 aromatic heterocycles. The van der Waals surface area contributed by atoms with Crippen LogP contribution < -0.4 is 10.6 Å². The maximum atomic E-state index is 12.6. The monoisotopic (exact) mass is 424 g/mol. The number of hydrogen-bond donors (Lipinski definition) is 2. The summed E-state index contributed by atoms with van der Waals surface area (Å²) in [6.07, 6.45) is 2.29. The Hall–Kier alpha value is -3.26. The van der Waals surface area contributed by atoms with Crippen molar-refractivity contribution >= 4 is 28.9 Å². The minimum atomic E-state index is -0.447. The van der Waals surface area contributed by atoms with Gasteiger partial charge < -0.3 is 10.6 Å². The number of nitrogens with zero attached hydrogens (tertiary/aromatic N) is 2. The van der Waals surface area contributed by atoms with Crippen LogP contribution in [0, 0.1) is 30.9 Å². The molecular weight excluding hydrogens is 396 g/mol. The number of aryl methyl sites for hydroxylation is 3. The zero-order valence-corrected chi connectivity index (χ0v) is 18.1. The molecule has 8 heteroatoms. The molecule has 0 atom stereocenters. The van der Waals surface area contributed by atoms with Crippen molar-refractivity contribution in [3.63, 3.8) is 0 Å². The summed E-state index contributed by atoms with van der Waals surface area (Å²) in [5, 5.41) is 16.7. The van der Waals surface area contributed by atoms with E-state index in [1.165, 1.54) is 12.1 Å². The van der Waals surface area contributed by atoms with Gasteiger partial charge in [0, 0.05) is 42.0 Å². The van der Waals surface area contributed by atoms with Crippen LogP contribution in [0.4, 0.5) is 17.1 Å². The fourth-order valence-electron chi connectivity index (χ4n) is 3.48. The van der Waals surface area contributed by atoms with Gasteiger partial charge >= 0.3 is 0 Å². The summed E-state index contributed by atoms with van der Waals surface area (Å²) in [5.74, 6) is -0.277. The fourth-order valence-corrected chi connectivity index (χ4v) is 3.48. The number of nitro benzene ring substituents is 1. The van der Waals surface area contributed by atoms with Crippen molar-refractivity contribution < 1.29 is 14.5 Å². The van der Waals surface area contributed by atoms with Crippen LogP contribution in [0.1, 0.15) is 36.0 Å². The Morgan fingerprint density at radius 1 is 1.03 bits per heavy atom. The normalized spacial score (nSPS) is 13.2. The topological polar surface area (TPSA) is 105 Å². The molecule has 0 heterocycles. The lowest BCUT2D eigenvalue weighted by Crippen LogP contribution is -2.37. The zero-order chi connectivity index (χ0) is 22.5. The zero-order valence-electron chi connectivity index (χ0n) is 18.1. The maximum absolute atomic E-state index is 12.6. The predicted molar refractivity (Wildman–Crippen MR) is 120 cm³/mol. The summed E-state index contributed by atoms with van der Waals surface area (Å²) in [6, 6.07) is 10.8. The molecule has 0 saturated heterocycles. The highest BCUT2D eigenvalue weighted by Gasteiger charge is 2.30. The molecule has 0 bridgehead atoms. The second-order valence-corrected chi connectivity index (χ2v) is 8.12. The van der Waals surface area contributed by atoms with Crippen molar-refractivity contribution in [2.24, 2.45) is 0 Å². The number of hydrogen-bond acceptors (Lipinski definition) is 5. The Labute approximate surface area is 181 Å². The van der Waals surface area contributed by atoms with Gasteiger partial charge in [-0.2, -0.15) is 0 Å². The number of carbonyl (C=O) groups excluding carboxylic acids is 2. The van der Waals surface area contributed by atoms with E-state index in [-0.39, 0.29) is 30.5 Å². The molecule has 1 aliphatic carbocycles. The van der Waals surface area contributed by atoms with Gasteiger partial charge in [-0.3, -0.25) is 24.6 Å². The average Bonchev–Trinajstić information content (AvgIpc) is 3.53. The van der Waals surface area contributed by atoms with E-state index in [9.17, 15) is 19.7 Å². The molecule has 3 rings (SSSR count). The van der Waals surface area contributed by atoms with Gasteiger partial charge in [0.2, 0.25) is 11.8 Å². The van der Waals surface area contributed by atoms with Gasteiger partial charge in [0.05, 0.1) is 11.5 Å². The van der Waals surface area contributed by atoms with Crippen LogP contribution >= 0.6 is 0 Å². The standard InChI is InChI=1S/C23H28N4O4/c1-15-4-5-16(2)20(12-15)25-23(29)14-26(19-7-8-19)11-10-22(28)24-18-6-9-21(27(30)31)17(3)13-18/h4-6,9,12-13,19H,7-8,10-11,14H2,1-3H3,(H,24,28)(H,25,29). The van der Waals surface area contributed by atoms with Gasteiger partial charge in [0.25, 0.3) is 5.69 Å². The highest BCUT2D eigenvalue weighted by molar-refractivity contribution is 5.93. The van der Waals surface area contributed by atoms with E-state index in [1.807, 2.05) is 36.9 Å². The van der Waals surface area contributed by atoms with Crippen molar-refractivity contribution in [1.82, 2.24) is 4.90 Å². The molecule has 1 fully saturated rings. The molecule has 2 amide bonds. The largest absolute Gasteiger partial charge is 0.326 e. The Balaban J connectivity index is 1.53. The van der Waals surface area contributed by atoms with Crippen molar-refractivity contribution in [2.75, 3.05) is 23.7 Å². The second kappa shape index (κ2) is 9.70. The average molecular weight is 425 g/mol. The highest BCUT2D eigenvalue weighted by atomic mass is 16.6. The summed E-state index contributed by atoms with van der Waals surface area (Å²) in [4.78, 5) is 37.5. The van der Waals surface area contributed by atoms with Crippen LogP contribution in [0.2, 0.25) is 0 Å². The Kier molecular flexibility index (Phi) is 7.02. The van der Waals surface area contributed by atoms with Crippen molar-refractivity contribution in [3.05, 3.63) is 63.2 Å². The first-order valence-electron chi connectivity index (χ1n) is 10.4. The lowest BCUT2D eigenvalue weighted by Gasteiger charge is -2.21. The lowest BCUT2D eigenvalue weighted by atomic mass is 10.1. The number of nitrogens with one attached hydrogen (secondary N) is 2. The van der Waals surface area contributed by atoms with Crippen molar-refractivity contribution in [3.8, 4) is 0 Å². The van der Waals surface area contributed by atoms with Gasteiger partial charge in [0.15, 0.2) is 0 Å². The minimum absolute atomic E-state index is 0.0211. The fraction of sp³-hybridized carbons (Fsp3) is 0.391. The summed E-state index contributed by atoms with van der Waals surface area (Å²) >= 11 is 0. The van der Waals surface area contributed by atoms with Gasteiger partial charge in [-0.15, -0.1) is 0 Å². The molecule has 1 saturated carbocycles. The van der Waals surface area contributed by atoms with Crippen LogP contribution in [-0.4, -0.2) is 40.8 Å². The summed E-state index contributed by atoms with van der Waals surface area (Å²) in [7, 11) is 0. The SMILES string of the molecule is Cc1ccc(C)c(NC(=O)CN(CCC(=O)Nc2ccc([N+](=O)[O-])c(C)c2)C2CC2)c1. The first-order chi connectivity index (χ1) is 14.7. The molecular formula is C23H28N4O4. The minimum Gasteiger partial charge on any atom is -0.326 e. The molecule has 0 spiro atoms. The Bertz CT molecular complexity index is 1000. The summed E-state index contributed by atoms with van der Waals surface area (Å²) < 4.78 is 0. The number of amides is 2. The van der Waals surface area contributed by atoms with E-state index in [0.29, 0.717) is 23.8 Å². The van der Waals surface area contributed by atoms with Crippen LogP contribution in [0.3, 0.4) is 0 Å². The second-order valence-electron chi connectivity index (χ2n) is 8.12. The smallest absolute Gasteiger partial charge is 0.272 e. The van der Waals surface area contributed by atoms with E-state index in [4.69, 9.17) is 0 Å². The van der Waals surface area contributed by atoms with Gasteiger partial charge in [0.1, 0.15) is 0 Å². The molecule has 31 heavy (non-hydrogen) atoms. The number of carbonyl (C=O) groups is 2. The molecule has 2 N–H and O–H groups in total. The predicted octanol–water partition coefficient (Wildman–Crippen LogP) is 3.95. The molecule has 0 aliphatic heterocycles. The lowest BCUT2D eigenvalue weighted by molar-refractivity contribution is -0.385. The molecule has 2 aromatic rings. The molecule has 1 aliphatic rings. The molecule has 0 unspecified atom stereocenters. The third kappa shape index (κ3) is 6.36. The van der Waals surface area contributed by atoms with Crippen molar-refractivity contribution in [1.29, 1.82) is 0 Å². The first kappa shape index (κ1) is 22.4. The molecule has 0 radical (unpaired) electrons. The maximum Gasteiger partial charge on any atom is 0.272 e.